The number of hydrogen-bond donors (Lipinski definition) is 1. The van der Waals surface area contributed by atoms with Gasteiger partial charge in [-0.25, -0.2) is 9.37 Å². The van der Waals surface area contributed by atoms with Crippen LogP contribution >= 0.6 is 0 Å². The van der Waals surface area contributed by atoms with E-state index in [-0.39, 0.29) is 5.82 Å². The SMILES string of the molecule is CN(C)CCNc1cc(/C=C/c2ccco2)nc2ccc(F)cc12. The van der Waals surface area contributed by atoms with Crippen LogP contribution in [0, 0.1) is 5.82 Å². The smallest absolute Gasteiger partial charge is 0.126 e. The summed E-state index contributed by atoms with van der Waals surface area (Å²) in [5, 5.41) is 4.16. The monoisotopic (exact) mass is 325 g/mol. The molecular formula is C19H20FN3O. The van der Waals surface area contributed by atoms with Crippen LogP contribution in [-0.2, 0) is 0 Å². The van der Waals surface area contributed by atoms with Crippen LogP contribution in [-0.4, -0.2) is 37.1 Å². The van der Waals surface area contributed by atoms with Crippen molar-refractivity contribution < 1.29 is 8.81 Å². The molecule has 124 valence electrons. The van der Waals surface area contributed by atoms with Crippen molar-refractivity contribution in [3.05, 3.63) is 59.9 Å². The molecule has 0 radical (unpaired) electrons. The topological polar surface area (TPSA) is 41.3 Å². The largest absolute Gasteiger partial charge is 0.465 e. The van der Waals surface area contributed by atoms with Crippen molar-refractivity contribution in [2.45, 2.75) is 0 Å². The molecule has 0 saturated heterocycles. The molecule has 2 heterocycles. The Balaban J connectivity index is 1.94. The van der Waals surface area contributed by atoms with Crippen molar-refractivity contribution >= 4 is 28.7 Å². The van der Waals surface area contributed by atoms with Crippen molar-refractivity contribution in [2.24, 2.45) is 0 Å². The predicted molar refractivity (Wildman–Crippen MR) is 96.4 cm³/mol. The lowest BCUT2D eigenvalue weighted by Gasteiger charge is -2.14. The normalized spacial score (nSPS) is 11.7. The van der Waals surface area contributed by atoms with Crippen LogP contribution in [0.2, 0.25) is 0 Å². The van der Waals surface area contributed by atoms with Gasteiger partial charge >= 0.3 is 0 Å². The third-order valence-electron chi connectivity index (χ3n) is 3.63. The fourth-order valence-corrected chi connectivity index (χ4v) is 2.42. The number of likely N-dealkylation sites (N-methyl/N-ethyl adjacent to an activating group) is 1. The van der Waals surface area contributed by atoms with Gasteiger partial charge in [0.15, 0.2) is 0 Å². The molecule has 0 aliphatic rings. The van der Waals surface area contributed by atoms with Crippen molar-refractivity contribution in [2.75, 3.05) is 32.5 Å². The molecule has 0 amide bonds. The number of anilines is 1. The minimum absolute atomic E-state index is 0.265. The number of pyridine rings is 1. The van der Waals surface area contributed by atoms with Crippen LogP contribution in [0.3, 0.4) is 0 Å². The number of rotatable bonds is 6. The maximum absolute atomic E-state index is 13.6. The average molecular weight is 325 g/mol. The average Bonchev–Trinajstić information content (AvgIpc) is 3.06. The van der Waals surface area contributed by atoms with Gasteiger partial charge < -0.3 is 14.6 Å². The maximum Gasteiger partial charge on any atom is 0.126 e. The number of fused-ring (bicyclic) bond motifs is 1. The van der Waals surface area contributed by atoms with E-state index in [4.69, 9.17) is 4.42 Å². The summed E-state index contributed by atoms with van der Waals surface area (Å²) in [5.74, 6) is 0.497. The summed E-state index contributed by atoms with van der Waals surface area (Å²) in [6.07, 6.45) is 5.38. The minimum Gasteiger partial charge on any atom is -0.465 e. The number of nitrogens with zero attached hydrogens (tertiary/aromatic N) is 2. The standard InChI is InChI=1S/C19H20FN3O/c1-23(2)10-9-21-19-13-15(6-7-16-4-3-11-24-16)22-18-8-5-14(20)12-17(18)19/h3-8,11-13H,9-10H2,1-2H3,(H,21,22)/b7-6+. The van der Waals surface area contributed by atoms with Crippen LogP contribution in [0.1, 0.15) is 11.5 Å². The zero-order valence-corrected chi connectivity index (χ0v) is 13.8. The number of halogens is 1. The molecule has 24 heavy (non-hydrogen) atoms. The summed E-state index contributed by atoms with van der Waals surface area (Å²) < 4.78 is 18.9. The van der Waals surface area contributed by atoms with E-state index < -0.39 is 0 Å². The Kier molecular flexibility index (Phi) is 4.91. The zero-order chi connectivity index (χ0) is 16.9. The molecule has 0 aliphatic heterocycles. The van der Waals surface area contributed by atoms with Gasteiger partial charge in [-0.15, -0.1) is 0 Å². The van der Waals surface area contributed by atoms with Gasteiger partial charge in [0, 0.05) is 24.2 Å². The summed E-state index contributed by atoms with van der Waals surface area (Å²) in [6.45, 7) is 1.65. The van der Waals surface area contributed by atoms with Crippen molar-refractivity contribution in [1.82, 2.24) is 9.88 Å². The second-order valence-corrected chi connectivity index (χ2v) is 5.83. The Morgan fingerprint density at radius 2 is 2.08 bits per heavy atom. The molecular weight excluding hydrogens is 305 g/mol. The van der Waals surface area contributed by atoms with Gasteiger partial charge in [0.2, 0.25) is 0 Å². The Morgan fingerprint density at radius 3 is 2.83 bits per heavy atom. The summed E-state index contributed by atoms with van der Waals surface area (Å²) in [7, 11) is 4.03. The van der Waals surface area contributed by atoms with E-state index in [9.17, 15) is 4.39 Å². The maximum atomic E-state index is 13.6. The van der Waals surface area contributed by atoms with E-state index >= 15 is 0 Å². The van der Waals surface area contributed by atoms with Crippen LogP contribution in [0.15, 0.2) is 47.1 Å². The Labute approximate surface area is 140 Å². The minimum atomic E-state index is -0.265. The Bertz CT molecular complexity index is 841. The highest BCUT2D eigenvalue weighted by Crippen LogP contribution is 2.25. The molecule has 0 spiro atoms. The summed E-state index contributed by atoms with van der Waals surface area (Å²) in [5.41, 5.74) is 2.42. The Morgan fingerprint density at radius 1 is 1.21 bits per heavy atom. The summed E-state index contributed by atoms with van der Waals surface area (Å²) >= 11 is 0. The molecule has 0 unspecified atom stereocenters. The van der Waals surface area contributed by atoms with E-state index in [0.29, 0.717) is 0 Å². The lowest BCUT2D eigenvalue weighted by molar-refractivity contribution is 0.425. The first-order chi connectivity index (χ1) is 11.6. The van der Waals surface area contributed by atoms with Gasteiger partial charge in [-0.3, -0.25) is 0 Å². The van der Waals surface area contributed by atoms with Crippen molar-refractivity contribution in [1.29, 1.82) is 0 Å². The molecule has 3 aromatic rings. The van der Waals surface area contributed by atoms with Crippen LogP contribution < -0.4 is 5.32 Å². The third-order valence-corrected chi connectivity index (χ3v) is 3.63. The van der Waals surface area contributed by atoms with Crippen LogP contribution in [0.25, 0.3) is 23.1 Å². The van der Waals surface area contributed by atoms with Crippen LogP contribution in [0.4, 0.5) is 10.1 Å². The molecule has 3 rings (SSSR count). The highest BCUT2D eigenvalue weighted by atomic mass is 19.1. The molecule has 5 heteroatoms. The molecule has 1 N–H and O–H groups in total. The molecule has 2 aromatic heterocycles. The second-order valence-electron chi connectivity index (χ2n) is 5.83. The highest BCUT2D eigenvalue weighted by molar-refractivity contribution is 5.92. The van der Waals surface area contributed by atoms with Gasteiger partial charge in [0.05, 0.1) is 17.5 Å². The fraction of sp³-hybridized carbons (Fsp3) is 0.211. The molecule has 0 bridgehead atoms. The van der Waals surface area contributed by atoms with Gasteiger partial charge in [-0.05, 0) is 62.6 Å². The van der Waals surface area contributed by atoms with Gasteiger partial charge in [0.25, 0.3) is 0 Å². The molecule has 0 saturated carbocycles. The fourth-order valence-electron chi connectivity index (χ4n) is 2.42. The number of furan rings is 1. The van der Waals surface area contributed by atoms with Crippen LogP contribution in [0.5, 0.6) is 0 Å². The Hall–Kier alpha value is -2.66. The van der Waals surface area contributed by atoms with Crippen molar-refractivity contribution in [3.8, 4) is 0 Å². The quantitative estimate of drug-likeness (QED) is 0.740. The predicted octanol–water partition coefficient (Wildman–Crippen LogP) is 4.11. The van der Waals surface area contributed by atoms with E-state index in [1.54, 1.807) is 12.3 Å². The first-order valence-electron chi connectivity index (χ1n) is 7.82. The second kappa shape index (κ2) is 7.27. The highest BCUT2D eigenvalue weighted by Gasteiger charge is 2.06. The third kappa shape index (κ3) is 4.00. The molecule has 0 atom stereocenters. The molecule has 1 aromatic carbocycles. The van der Waals surface area contributed by atoms with Crippen molar-refractivity contribution in [3.63, 3.8) is 0 Å². The molecule has 4 nitrogen and oxygen atoms in total. The lowest BCUT2D eigenvalue weighted by Crippen LogP contribution is -2.20. The summed E-state index contributed by atoms with van der Waals surface area (Å²) in [4.78, 5) is 6.67. The van der Waals surface area contributed by atoms with E-state index in [0.717, 1.165) is 41.1 Å². The van der Waals surface area contributed by atoms with E-state index in [1.165, 1.54) is 12.1 Å². The molecule has 0 aliphatic carbocycles. The number of benzene rings is 1. The first-order valence-corrected chi connectivity index (χ1v) is 7.82. The molecule has 0 fully saturated rings. The first kappa shape index (κ1) is 16.2. The zero-order valence-electron chi connectivity index (χ0n) is 13.8. The number of hydrogen-bond acceptors (Lipinski definition) is 4. The van der Waals surface area contributed by atoms with Gasteiger partial charge in [-0.1, -0.05) is 0 Å². The lowest BCUT2D eigenvalue weighted by atomic mass is 10.1. The van der Waals surface area contributed by atoms with E-state index in [1.807, 2.05) is 44.4 Å². The van der Waals surface area contributed by atoms with Gasteiger partial charge in [-0.2, -0.15) is 0 Å². The summed E-state index contributed by atoms with van der Waals surface area (Å²) in [6, 6.07) is 10.3. The van der Waals surface area contributed by atoms with Gasteiger partial charge in [0.1, 0.15) is 11.6 Å². The number of nitrogens with one attached hydrogen (secondary N) is 1. The van der Waals surface area contributed by atoms with E-state index in [2.05, 4.69) is 15.2 Å². The number of aromatic nitrogens is 1.